The van der Waals surface area contributed by atoms with E-state index in [1.54, 1.807) is 12.4 Å². The van der Waals surface area contributed by atoms with Crippen LogP contribution in [0.25, 0.3) is 0 Å². The summed E-state index contributed by atoms with van der Waals surface area (Å²) in [5, 5.41) is 6.51. The van der Waals surface area contributed by atoms with Crippen LogP contribution in [0.4, 0.5) is 5.95 Å². The van der Waals surface area contributed by atoms with Crippen molar-refractivity contribution >= 4 is 11.9 Å². The summed E-state index contributed by atoms with van der Waals surface area (Å²) in [7, 11) is 0. The highest BCUT2D eigenvalue weighted by molar-refractivity contribution is 5.79. The number of aromatic nitrogens is 2. The van der Waals surface area contributed by atoms with E-state index in [1.807, 2.05) is 6.07 Å². The van der Waals surface area contributed by atoms with E-state index in [9.17, 15) is 4.79 Å². The Morgan fingerprint density at radius 1 is 1.29 bits per heavy atom. The van der Waals surface area contributed by atoms with Crippen LogP contribution in [0, 0.1) is 5.92 Å². The van der Waals surface area contributed by atoms with Gasteiger partial charge < -0.3 is 15.5 Å². The fraction of sp³-hybridized carbons (Fsp3) is 0.667. The third kappa shape index (κ3) is 3.69. The highest BCUT2D eigenvalue weighted by Gasteiger charge is 2.26. The summed E-state index contributed by atoms with van der Waals surface area (Å²) in [6.45, 7) is 3.60. The van der Waals surface area contributed by atoms with Gasteiger partial charge in [-0.15, -0.1) is 0 Å². The van der Waals surface area contributed by atoms with E-state index < -0.39 is 0 Å². The molecule has 2 N–H and O–H groups in total. The molecule has 1 aromatic heterocycles. The number of carbonyl (C=O) groups excluding carboxylic acids is 1. The second-order valence-electron chi connectivity index (χ2n) is 5.89. The first-order chi connectivity index (χ1) is 10.3. The summed E-state index contributed by atoms with van der Waals surface area (Å²) in [5.74, 6) is 1.08. The zero-order valence-corrected chi connectivity index (χ0v) is 12.3. The smallest absolute Gasteiger partial charge is 0.225 e. The van der Waals surface area contributed by atoms with Gasteiger partial charge in [-0.2, -0.15) is 0 Å². The SMILES string of the molecule is O=C(NC1CCCN(c2ncccn2)C1)C1CCCNC1. The molecule has 2 aliphatic rings. The molecule has 0 aromatic carbocycles. The van der Waals surface area contributed by atoms with Gasteiger partial charge in [0.25, 0.3) is 0 Å². The van der Waals surface area contributed by atoms with Crippen LogP contribution in [0.5, 0.6) is 0 Å². The molecule has 2 unspecified atom stereocenters. The lowest BCUT2D eigenvalue weighted by Crippen LogP contribution is -2.51. The molecular weight excluding hydrogens is 266 g/mol. The summed E-state index contributed by atoms with van der Waals surface area (Å²) in [5.41, 5.74) is 0. The Balaban J connectivity index is 1.55. The molecular formula is C15H23N5O. The standard InChI is InChI=1S/C15H23N5O/c21-14(12-4-1-6-16-10-12)19-13-5-2-9-20(11-13)15-17-7-3-8-18-15/h3,7-8,12-13,16H,1-2,4-6,9-11H2,(H,19,21). The Morgan fingerprint density at radius 3 is 2.90 bits per heavy atom. The number of hydrogen-bond acceptors (Lipinski definition) is 5. The van der Waals surface area contributed by atoms with E-state index in [0.29, 0.717) is 0 Å². The van der Waals surface area contributed by atoms with Crippen molar-refractivity contribution in [2.45, 2.75) is 31.7 Å². The maximum Gasteiger partial charge on any atom is 0.225 e. The molecule has 2 atom stereocenters. The van der Waals surface area contributed by atoms with Gasteiger partial charge in [0.15, 0.2) is 0 Å². The molecule has 6 nitrogen and oxygen atoms in total. The van der Waals surface area contributed by atoms with Crippen LogP contribution >= 0.6 is 0 Å². The molecule has 1 amide bonds. The predicted molar refractivity (Wildman–Crippen MR) is 81.0 cm³/mol. The van der Waals surface area contributed by atoms with Crippen molar-refractivity contribution in [3.63, 3.8) is 0 Å². The van der Waals surface area contributed by atoms with Gasteiger partial charge >= 0.3 is 0 Å². The van der Waals surface area contributed by atoms with Crippen LogP contribution in [0.2, 0.25) is 0 Å². The highest BCUT2D eigenvalue weighted by Crippen LogP contribution is 2.16. The average molecular weight is 289 g/mol. The number of rotatable bonds is 3. The largest absolute Gasteiger partial charge is 0.351 e. The van der Waals surface area contributed by atoms with Crippen LogP contribution in [-0.2, 0) is 4.79 Å². The number of hydrogen-bond donors (Lipinski definition) is 2. The summed E-state index contributed by atoms with van der Waals surface area (Å²) < 4.78 is 0. The Kier molecular flexibility index (Phi) is 4.65. The fourth-order valence-corrected chi connectivity index (χ4v) is 3.13. The van der Waals surface area contributed by atoms with E-state index >= 15 is 0 Å². The van der Waals surface area contributed by atoms with Gasteiger partial charge in [-0.1, -0.05) is 0 Å². The van der Waals surface area contributed by atoms with E-state index in [-0.39, 0.29) is 17.9 Å². The summed E-state index contributed by atoms with van der Waals surface area (Å²) in [6.07, 6.45) is 7.71. The van der Waals surface area contributed by atoms with Crippen molar-refractivity contribution in [2.75, 3.05) is 31.1 Å². The van der Waals surface area contributed by atoms with Crippen LogP contribution in [0.1, 0.15) is 25.7 Å². The fourth-order valence-electron chi connectivity index (χ4n) is 3.13. The third-order valence-corrected chi connectivity index (χ3v) is 4.27. The third-order valence-electron chi connectivity index (χ3n) is 4.27. The molecule has 2 saturated heterocycles. The van der Waals surface area contributed by atoms with Crippen molar-refractivity contribution in [2.24, 2.45) is 5.92 Å². The number of nitrogens with one attached hydrogen (secondary N) is 2. The summed E-state index contributed by atoms with van der Waals surface area (Å²) in [6, 6.07) is 2.03. The topological polar surface area (TPSA) is 70.2 Å². The van der Waals surface area contributed by atoms with E-state index in [0.717, 1.165) is 57.8 Å². The predicted octanol–water partition coefficient (Wildman–Crippen LogP) is 0.561. The zero-order chi connectivity index (χ0) is 14.5. The maximum absolute atomic E-state index is 12.3. The van der Waals surface area contributed by atoms with Gasteiger partial charge in [0.1, 0.15) is 0 Å². The monoisotopic (exact) mass is 289 g/mol. The van der Waals surface area contributed by atoms with Crippen molar-refractivity contribution in [3.8, 4) is 0 Å². The van der Waals surface area contributed by atoms with E-state index in [4.69, 9.17) is 0 Å². The minimum absolute atomic E-state index is 0.127. The minimum Gasteiger partial charge on any atom is -0.351 e. The average Bonchev–Trinajstić information content (AvgIpc) is 2.57. The van der Waals surface area contributed by atoms with Gasteiger partial charge in [-0.05, 0) is 38.3 Å². The first-order valence-electron chi connectivity index (χ1n) is 7.86. The van der Waals surface area contributed by atoms with Gasteiger partial charge in [0.05, 0.1) is 5.92 Å². The van der Waals surface area contributed by atoms with Crippen LogP contribution in [-0.4, -0.2) is 48.1 Å². The summed E-state index contributed by atoms with van der Waals surface area (Å²) in [4.78, 5) is 23.1. The van der Waals surface area contributed by atoms with Gasteiger partial charge in [-0.25, -0.2) is 9.97 Å². The first-order valence-corrected chi connectivity index (χ1v) is 7.86. The normalized spacial score (nSPS) is 26.4. The quantitative estimate of drug-likeness (QED) is 0.851. The van der Waals surface area contributed by atoms with E-state index in [2.05, 4.69) is 25.5 Å². The molecule has 114 valence electrons. The molecule has 6 heteroatoms. The molecule has 21 heavy (non-hydrogen) atoms. The molecule has 0 saturated carbocycles. The molecule has 3 heterocycles. The van der Waals surface area contributed by atoms with Crippen molar-refractivity contribution in [1.82, 2.24) is 20.6 Å². The van der Waals surface area contributed by atoms with Gasteiger partial charge in [0.2, 0.25) is 11.9 Å². The Hall–Kier alpha value is -1.69. The second-order valence-corrected chi connectivity index (χ2v) is 5.89. The van der Waals surface area contributed by atoms with Crippen LogP contribution < -0.4 is 15.5 Å². The Bertz CT molecular complexity index is 460. The molecule has 1 aromatic rings. The molecule has 2 aliphatic heterocycles. The van der Waals surface area contributed by atoms with Crippen molar-refractivity contribution < 1.29 is 4.79 Å². The lowest BCUT2D eigenvalue weighted by Gasteiger charge is -2.34. The number of carbonyl (C=O) groups is 1. The van der Waals surface area contributed by atoms with Crippen LogP contribution in [0.15, 0.2) is 18.5 Å². The molecule has 0 spiro atoms. The Morgan fingerprint density at radius 2 is 2.14 bits per heavy atom. The lowest BCUT2D eigenvalue weighted by atomic mass is 9.97. The second kappa shape index (κ2) is 6.85. The lowest BCUT2D eigenvalue weighted by molar-refractivity contribution is -0.126. The maximum atomic E-state index is 12.3. The highest BCUT2D eigenvalue weighted by atomic mass is 16.2. The molecule has 0 bridgehead atoms. The first kappa shape index (κ1) is 14.3. The number of amides is 1. The molecule has 3 rings (SSSR count). The summed E-state index contributed by atoms with van der Waals surface area (Å²) >= 11 is 0. The minimum atomic E-state index is 0.127. The van der Waals surface area contributed by atoms with Crippen molar-refractivity contribution in [3.05, 3.63) is 18.5 Å². The molecule has 0 aliphatic carbocycles. The van der Waals surface area contributed by atoms with Crippen LogP contribution in [0.3, 0.4) is 0 Å². The molecule has 0 radical (unpaired) electrons. The van der Waals surface area contributed by atoms with Gasteiger partial charge in [0, 0.05) is 38.1 Å². The molecule has 2 fully saturated rings. The van der Waals surface area contributed by atoms with E-state index in [1.165, 1.54) is 0 Å². The Labute approximate surface area is 125 Å². The number of piperidine rings is 2. The van der Waals surface area contributed by atoms with Gasteiger partial charge in [-0.3, -0.25) is 4.79 Å². The van der Waals surface area contributed by atoms with Crippen molar-refractivity contribution in [1.29, 1.82) is 0 Å². The number of nitrogens with zero attached hydrogens (tertiary/aromatic N) is 3. The zero-order valence-electron chi connectivity index (χ0n) is 12.3. The number of anilines is 1.